The van der Waals surface area contributed by atoms with Crippen molar-refractivity contribution in [2.24, 2.45) is 0 Å². The van der Waals surface area contributed by atoms with E-state index in [0.717, 1.165) is 6.07 Å². The van der Waals surface area contributed by atoms with Crippen LogP contribution in [0, 0.1) is 0 Å². The van der Waals surface area contributed by atoms with Crippen LogP contribution >= 0.6 is 0 Å². The van der Waals surface area contributed by atoms with Crippen LogP contribution in [0.1, 0.15) is 5.56 Å². The highest BCUT2D eigenvalue weighted by molar-refractivity contribution is 5.40. The van der Waals surface area contributed by atoms with Crippen LogP contribution in [0.25, 0.3) is 0 Å². The van der Waals surface area contributed by atoms with Gasteiger partial charge < -0.3 is 14.8 Å². The molecule has 0 aromatic heterocycles. The van der Waals surface area contributed by atoms with Gasteiger partial charge in [-0.15, -0.1) is 0 Å². The van der Waals surface area contributed by atoms with E-state index in [0.29, 0.717) is 5.56 Å². The Balaban J connectivity index is 2.92. The Morgan fingerprint density at radius 2 is 1.76 bits per heavy atom. The summed E-state index contributed by atoms with van der Waals surface area (Å²) in [7, 11) is 1.62. The van der Waals surface area contributed by atoms with Gasteiger partial charge in [-0.25, -0.2) is 0 Å². The van der Waals surface area contributed by atoms with E-state index < -0.39 is 13.2 Å². The summed E-state index contributed by atoms with van der Waals surface area (Å²) < 4.78 is 56.4. The SMILES string of the molecule is CNCc1ccc(OC(F)F)cc1OC(F)F. The third-order valence-corrected chi connectivity index (χ3v) is 1.85. The van der Waals surface area contributed by atoms with Crippen molar-refractivity contribution in [3.05, 3.63) is 23.8 Å². The molecule has 1 rings (SSSR count). The topological polar surface area (TPSA) is 30.5 Å². The molecule has 0 saturated carbocycles. The van der Waals surface area contributed by atoms with Crippen molar-refractivity contribution >= 4 is 0 Å². The molecule has 0 aliphatic heterocycles. The maximum atomic E-state index is 12.1. The van der Waals surface area contributed by atoms with Crippen molar-refractivity contribution in [1.82, 2.24) is 5.32 Å². The highest BCUT2D eigenvalue weighted by Crippen LogP contribution is 2.27. The fourth-order valence-corrected chi connectivity index (χ4v) is 1.25. The van der Waals surface area contributed by atoms with Gasteiger partial charge in [0, 0.05) is 18.2 Å². The molecule has 0 amide bonds. The van der Waals surface area contributed by atoms with E-state index in [1.54, 1.807) is 7.05 Å². The lowest BCUT2D eigenvalue weighted by atomic mass is 10.2. The molecular weight excluding hydrogens is 242 g/mol. The van der Waals surface area contributed by atoms with Crippen LogP contribution in [0.2, 0.25) is 0 Å². The molecule has 0 aliphatic rings. The number of ether oxygens (including phenoxy) is 2. The van der Waals surface area contributed by atoms with Crippen LogP contribution in [0.3, 0.4) is 0 Å². The summed E-state index contributed by atoms with van der Waals surface area (Å²) in [4.78, 5) is 0. The molecule has 0 heterocycles. The lowest BCUT2D eigenvalue weighted by molar-refractivity contribution is -0.0546. The maximum Gasteiger partial charge on any atom is 0.387 e. The first kappa shape index (κ1) is 13.6. The molecule has 0 aliphatic carbocycles. The molecule has 0 bridgehead atoms. The lowest BCUT2D eigenvalue weighted by Gasteiger charge is -2.12. The van der Waals surface area contributed by atoms with Crippen LogP contribution in [0.5, 0.6) is 11.5 Å². The average Bonchev–Trinajstić information content (AvgIpc) is 2.20. The molecule has 0 fully saturated rings. The normalized spacial score (nSPS) is 11.0. The van der Waals surface area contributed by atoms with Gasteiger partial charge in [0.1, 0.15) is 11.5 Å². The minimum Gasteiger partial charge on any atom is -0.435 e. The van der Waals surface area contributed by atoms with Crippen molar-refractivity contribution in [1.29, 1.82) is 0 Å². The van der Waals surface area contributed by atoms with Crippen molar-refractivity contribution in [3.63, 3.8) is 0 Å². The fourth-order valence-electron chi connectivity index (χ4n) is 1.25. The number of alkyl halides is 4. The number of hydrogen-bond acceptors (Lipinski definition) is 3. The van der Waals surface area contributed by atoms with Crippen molar-refractivity contribution < 1.29 is 27.0 Å². The summed E-state index contributed by atoms with van der Waals surface area (Å²) in [5.41, 5.74) is 0.425. The summed E-state index contributed by atoms with van der Waals surface area (Å²) >= 11 is 0. The summed E-state index contributed by atoms with van der Waals surface area (Å²) in [5.74, 6) is -0.414. The molecule has 7 heteroatoms. The largest absolute Gasteiger partial charge is 0.435 e. The predicted molar refractivity (Wildman–Crippen MR) is 52.5 cm³/mol. The van der Waals surface area contributed by atoms with E-state index in [2.05, 4.69) is 14.8 Å². The molecule has 1 aromatic rings. The first-order valence-electron chi connectivity index (χ1n) is 4.70. The molecule has 0 spiro atoms. The molecule has 3 nitrogen and oxygen atoms in total. The van der Waals surface area contributed by atoms with E-state index in [1.807, 2.05) is 0 Å². The van der Waals surface area contributed by atoms with Crippen molar-refractivity contribution in [2.75, 3.05) is 7.05 Å². The number of halogens is 4. The Morgan fingerprint density at radius 3 is 2.29 bits per heavy atom. The number of benzene rings is 1. The van der Waals surface area contributed by atoms with Gasteiger partial charge in [-0.3, -0.25) is 0 Å². The Hall–Kier alpha value is -1.50. The van der Waals surface area contributed by atoms with Crippen LogP contribution in [0.15, 0.2) is 18.2 Å². The second-order valence-corrected chi connectivity index (χ2v) is 3.06. The molecule has 96 valence electrons. The van der Waals surface area contributed by atoms with Crippen molar-refractivity contribution in [2.45, 2.75) is 19.8 Å². The molecule has 0 unspecified atom stereocenters. The third kappa shape index (κ3) is 4.48. The minimum absolute atomic E-state index is 0.187. The van der Waals surface area contributed by atoms with Gasteiger partial charge in [0.2, 0.25) is 0 Å². The van der Waals surface area contributed by atoms with Gasteiger partial charge in [-0.05, 0) is 13.1 Å². The van der Waals surface area contributed by atoms with Crippen LogP contribution in [0.4, 0.5) is 17.6 Å². The number of nitrogens with one attached hydrogen (secondary N) is 1. The molecule has 1 aromatic carbocycles. The van der Waals surface area contributed by atoms with Crippen LogP contribution in [-0.4, -0.2) is 20.3 Å². The Morgan fingerprint density at radius 1 is 1.12 bits per heavy atom. The van der Waals surface area contributed by atoms with Gasteiger partial charge in [0.25, 0.3) is 0 Å². The maximum absolute atomic E-state index is 12.1. The molecule has 0 saturated heterocycles. The van der Waals surface area contributed by atoms with E-state index in [-0.39, 0.29) is 18.0 Å². The first-order valence-corrected chi connectivity index (χ1v) is 4.70. The molecule has 1 N–H and O–H groups in total. The molecule has 0 atom stereocenters. The zero-order valence-corrected chi connectivity index (χ0v) is 8.92. The summed E-state index contributed by atoms with van der Waals surface area (Å²) in [5, 5.41) is 2.74. The molecular formula is C10H11F4NO2. The summed E-state index contributed by atoms with van der Waals surface area (Å²) in [6, 6.07) is 3.65. The number of hydrogen-bond donors (Lipinski definition) is 1. The van der Waals surface area contributed by atoms with E-state index in [9.17, 15) is 17.6 Å². The Bertz CT molecular complexity index is 360. The van der Waals surface area contributed by atoms with Crippen LogP contribution in [-0.2, 0) is 6.54 Å². The lowest BCUT2D eigenvalue weighted by Crippen LogP contribution is -2.10. The highest BCUT2D eigenvalue weighted by Gasteiger charge is 2.12. The Labute approximate surface area is 95.3 Å². The van der Waals surface area contributed by atoms with Crippen molar-refractivity contribution in [3.8, 4) is 11.5 Å². The van der Waals surface area contributed by atoms with E-state index in [1.165, 1.54) is 12.1 Å². The quantitative estimate of drug-likeness (QED) is 0.790. The van der Waals surface area contributed by atoms with E-state index >= 15 is 0 Å². The van der Waals surface area contributed by atoms with Gasteiger partial charge >= 0.3 is 13.2 Å². The average molecular weight is 253 g/mol. The monoisotopic (exact) mass is 253 g/mol. The minimum atomic E-state index is -3.02. The highest BCUT2D eigenvalue weighted by atomic mass is 19.3. The predicted octanol–water partition coefficient (Wildman–Crippen LogP) is 2.61. The molecule has 0 radical (unpaired) electrons. The zero-order valence-electron chi connectivity index (χ0n) is 8.92. The van der Waals surface area contributed by atoms with Gasteiger partial charge in [-0.2, -0.15) is 17.6 Å². The second-order valence-electron chi connectivity index (χ2n) is 3.06. The van der Waals surface area contributed by atoms with E-state index in [4.69, 9.17) is 0 Å². The van der Waals surface area contributed by atoms with Crippen LogP contribution < -0.4 is 14.8 Å². The molecule has 17 heavy (non-hydrogen) atoms. The standard InChI is InChI=1S/C10H11F4NO2/c1-15-5-6-2-3-7(16-9(11)12)4-8(6)17-10(13)14/h2-4,9-10,15H,5H2,1H3. The van der Waals surface area contributed by atoms with Gasteiger partial charge in [0.15, 0.2) is 0 Å². The fraction of sp³-hybridized carbons (Fsp3) is 0.400. The Kier molecular flexibility index (Phi) is 5.02. The van der Waals surface area contributed by atoms with Gasteiger partial charge in [0.05, 0.1) is 0 Å². The smallest absolute Gasteiger partial charge is 0.387 e. The first-order chi connectivity index (χ1) is 8.02. The number of rotatable bonds is 6. The van der Waals surface area contributed by atoms with Gasteiger partial charge in [-0.1, -0.05) is 6.07 Å². The zero-order chi connectivity index (χ0) is 12.8. The summed E-state index contributed by atoms with van der Waals surface area (Å²) in [6.45, 7) is -5.76. The second kappa shape index (κ2) is 6.29. The third-order valence-electron chi connectivity index (χ3n) is 1.85. The summed E-state index contributed by atoms with van der Waals surface area (Å²) in [6.07, 6.45) is 0.